The number of hydrogen-bond acceptors (Lipinski definition) is 3. The number of hydrogen-bond donors (Lipinski definition) is 1. The molecule has 1 spiro atoms. The van der Waals surface area contributed by atoms with E-state index in [2.05, 4.69) is 42.7 Å². The third-order valence-corrected chi connectivity index (χ3v) is 6.43. The number of thioether (sulfide) groups is 1. The van der Waals surface area contributed by atoms with Crippen LogP contribution >= 0.6 is 11.8 Å². The van der Waals surface area contributed by atoms with Gasteiger partial charge in [0.05, 0.1) is 0 Å². The van der Waals surface area contributed by atoms with Crippen LogP contribution in [0.4, 0.5) is 0 Å². The molecule has 1 saturated carbocycles. The minimum Gasteiger partial charge on any atom is -0.308 e. The van der Waals surface area contributed by atoms with Crippen LogP contribution in [0.15, 0.2) is 0 Å². The third kappa shape index (κ3) is 3.30. The zero-order chi connectivity index (χ0) is 13.8. The number of nitrogens with one attached hydrogen (secondary N) is 1. The van der Waals surface area contributed by atoms with Crippen molar-refractivity contribution in [1.29, 1.82) is 0 Å². The van der Waals surface area contributed by atoms with Crippen LogP contribution in [0.25, 0.3) is 0 Å². The van der Waals surface area contributed by atoms with E-state index in [0.29, 0.717) is 11.1 Å². The standard InChI is InChI=1S/C16H32N2S/c1-4-15(5-2)14-18(11-12-19-6-3)16(13-17-15)9-7-8-10-16/h17H,4-14H2,1-3H3. The highest BCUT2D eigenvalue weighted by Crippen LogP contribution is 2.39. The van der Waals surface area contributed by atoms with Crippen molar-refractivity contribution in [2.75, 3.05) is 31.1 Å². The Balaban J connectivity index is 2.05. The molecule has 1 aliphatic heterocycles. The summed E-state index contributed by atoms with van der Waals surface area (Å²) in [6.45, 7) is 10.8. The van der Waals surface area contributed by atoms with Gasteiger partial charge in [0.1, 0.15) is 0 Å². The van der Waals surface area contributed by atoms with E-state index < -0.39 is 0 Å². The van der Waals surface area contributed by atoms with Crippen molar-refractivity contribution >= 4 is 11.8 Å². The average Bonchev–Trinajstić information content (AvgIpc) is 2.91. The number of nitrogens with zero attached hydrogens (tertiary/aromatic N) is 1. The molecule has 0 amide bonds. The molecule has 19 heavy (non-hydrogen) atoms. The van der Waals surface area contributed by atoms with Gasteiger partial charge in [-0.25, -0.2) is 0 Å². The molecule has 0 atom stereocenters. The van der Waals surface area contributed by atoms with Crippen LogP contribution < -0.4 is 5.32 Å². The quantitative estimate of drug-likeness (QED) is 0.751. The van der Waals surface area contributed by atoms with Gasteiger partial charge in [-0.05, 0) is 31.4 Å². The summed E-state index contributed by atoms with van der Waals surface area (Å²) in [5.41, 5.74) is 0.882. The Labute approximate surface area is 124 Å². The zero-order valence-electron chi connectivity index (χ0n) is 13.1. The minimum absolute atomic E-state index is 0.380. The van der Waals surface area contributed by atoms with Crippen LogP contribution in [0.1, 0.15) is 59.3 Å². The molecule has 1 saturated heterocycles. The highest BCUT2D eigenvalue weighted by Gasteiger charge is 2.46. The molecular formula is C16H32N2S. The summed E-state index contributed by atoms with van der Waals surface area (Å²) < 4.78 is 0. The van der Waals surface area contributed by atoms with Gasteiger partial charge < -0.3 is 5.32 Å². The van der Waals surface area contributed by atoms with Gasteiger partial charge in [-0.15, -0.1) is 0 Å². The SMILES string of the molecule is CCSCCN1CC(CC)(CC)NCC12CCCC2. The van der Waals surface area contributed by atoms with Crippen molar-refractivity contribution in [1.82, 2.24) is 10.2 Å². The first-order valence-electron chi connectivity index (χ1n) is 8.28. The molecule has 112 valence electrons. The smallest absolute Gasteiger partial charge is 0.0335 e. The van der Waals surface area contributed by atoms with E-state index in [4.69, 9.17) is 0 Å². The summed E-state index contributed by atoms with van der Waals surface area (Å²) in [5, 5.41) is 3.94. The largest absolute Gasteiger partial charge is 0.308 e. The van der Waals surface area contributed by atoms with E-state index in [0.717, 1.165) is 0 Å². The topological polar surface area (TPSA) is 15.3 Å². The first-order valence-corrected chi connectivity index (χ1v) is 9.43. The fraction of sp³-hybridized carbons (Fsp3) is 1.00. The summed E-state index contributed by atoms with van der Waals surface area (Å²) in [4.78, 5) is 2.87. The number of rotatable bonds is 6. The van der Waals surface area contributed by atoms with E-state index >= 15 is 0 Å². The van der Waals surface area contributed by atoms with E-state index in [1.165, 1.54) is 69.7 Å². The van der Waals surface area contributed by atoms with Crippen molar-refractivity contribution < 1.29 is 0 Å². The summed E-state index contributed by atoms with van der Waals surface area (Å²) in [6, 6.07) is 0. The molecule has 0 bridgehead atoms. The van der Waals surface area contributed by atoms with E-state index in [1.54, 1.807) is 0 Å². The Morgan fingerprint density at radius 2 is 1.79 bits per heavy atom. The van der Waals surface area contributed by atoms with Crippen LogP contribution in [0.5, 0.6) is 0 Å². The molecule has 1 N–H and O–H groups in total. The molecule has 2 nitrogen and oxygen atoms in total. The third-order valence-electron chi connectivity index (χ3n) is 5.55. The lowest BCUT2D eigenvalue weighted by Gasteiger charge is -2.53. The van der Waals surface area contributed by atoms with Gasteiger partial charge in [0.2, 0.25) is 0 Å². The normalized spacial score (nSPS) is 26.1. The molecule has 2 rings (SSSR count). The van der Waals surface area contributed by atoms with Gasteiger partial charge in [0, 0.05) is 36.5 Å². The highest BCUT2D eigenvalue weighted by molar-refractivity contribution is 7.99. The molecule has 0 unspecified atom stereocenters. The van der Waals surface area contributed by atoms with Crippen molar-refractivity contribution in [2.24, 2.45) is 0 Å². The van der Waals surface area contributed by atoms with Gasteiger partial charge >= 0.3 is 0 Å². The lowest BCUT2D eigenvalue weighted by molar-refractivity contribution is 0.00925. The Kier molecular flexibility index (Phi) is 5.62. The summed E-state index contributed by atoms with van der Waals surface area (Å²) in [6.07, 6.45) is 8.23. The van der Waals surface area contributed by atoms with E-state index in [1.807, 2.05) is 0 Å². The second-order valence-corrected chi connectivity index (χ2v) is 7.78. The Morgan fingerprint density at radius 1 is 1.11 bits per heavy atom. The molecule has 1 heterocycles. The first-order chi connectivity index (χ1) is 9.20. The van der Waals surface area contributed by atoms with Crippen LogP contribution in [-0.2, 0) is 0 Å². The lowest BCUT2D eigenvalue weighted by atomic mass is 9.82. The van der Waals surface area contributed by atoms with Gasteiger partial charge in [-0.1, -0.05) is 33.6 Å². The predicted octanol–water partition coefficient (Wildman–Crippen LogP) is 3.52. The van der Waals surface area contributed by atoms with Gasteiger partial charge in [0.15, 0.2) is 0 Å². The zero-order valence-corrected chi connectivity index (χ0v) is 14.0. The second-order valence-electron chi connectivity index (χ2n) is 6.39. The monoisotopic (exact) mass is 284 g/mol. The molecule has 0 radical (unpaired) electrons. The molecule has 3 heteroatoms. The first kappa shape index (κ1) is 15.7. The molecular weight excluding hydrogens is 252 g/mol. The second kappa shape index (κ2) is 6.82. The molecule has 2 fully saturated rings. The lowest BCUT2D eigenvalue weighted by Crippen LogP contribution is -2.69. The van der Waals surface area contributed by atoms with E-state index in [9.17, 15) is 0 Å². The summed E-state index contributed by atoms with van der Waals surface area (Å²) in [5.74, 6) is 2.56. The summed E-state index contributed by atoms with van der Waals surface area (Å²) >= 11 is 2.10. The molecule has 0 aromatic carbocycles. The van der Waals surface area contributed by atoms with Gasteiger partial charge in [-0.3, -0.25) is 4.90 Å². The highest BCUT2D eigenvalue weighted by atomic mass is 32.2. The fourth-order valence-electron chi connectivity index (χ4n) is 3.94. The van der Waals surface area contributed by atoms with Crippen LogP contribution in [0.3, 0.4) is 0 Å². The van der Waals surface area contributed by atoms with E-state index in [-0.39, 0.29) is 0 Å². The van der Waals surface area contributed by atoms with Crippen molar-refractivity contribution in [2.45, 2.75) is 70.4 Å². The maximum Gasteiger partial charge on any atom is 0.0335 e. The van der Waals surface area contributed by atoms with Crippen LogP contribution in [0.2, 0.25) is 0 Å². The maximum absolute atomic E-state index is 3.94. The molecule has 2 aliphatic rings. The molecule has 0 aromatic heterocycles. The Morgan fingerprint density at radius 3 is 2.37 bits per heavy atom. The number of piperazine rings is 1. The maximum atomic E-state index is 3.94. The van der Waals surface area contributed by atoms with Crippen molar-refractivity contribution in [3.05, 3.63) is 0 Å². The minimum atomic E-state index is 0.380. The predicted molar refractivity (Wildman–Crippen MR) is 87.1 cm³/mol. The fourth-order valence-corrected chi connectivity index (χ4v) is 4.58. The Hall–Kier alpha value is 0.270. The van der Waals surface area contributed by atoms with Crippen LogP contribution in [-0.4, -0.2) is 47.1 Å². The van der Waals surface area contributed by atoms with Gasteiger partial charge in [0.25, 0.3) is 0 Å². The Bertz CT molecular complexity index is 270. The summed E-state index contributed by atoms with van der Waals surface area (Å²) in [7, 11) is 0. The molecule has 0 aromatic rings. The van der Waals surface area contributed by atoms with Crippen molar-refractivity contribution in [3.8, 4) is 0 Å². The van der Waals surface area contributed by atoms with Crippen LogP contribution in [0, 0.1) is 0 Å². The van der Waals surface area contributed by atoms with Gasteiger partial charge in [-0.2, -0.15) is 11.8 Å². The van der Waals surface area contributed by atoms with Crippen molar-refractivity contribution in [3.63, 3.8) is 0 Å². The molecule has 1 aliphatic carbocycles. The average molecular weight is 285 g/mol.